The van der Waals surface area contributed by atoms with Crippen LogP contribution in [0.1, 0.15) is 157 Å². The number of unbranched alkanes of at least 4 members (excludes halogenated alkanes) is 12. The van der Waals surface area contributed by atoms with Crippen molar-refractivity contribution in [1.82, 2.24) is 15.0 Å². The van der Waals surface area contributed by atoms with E-state index in [-0.39, 0.29) is 39.6 Å². The zero-order valence-corrected chi connectivity index (χ0v) is 46.5. The minimum absolute atomic E-state index is 0.276. The average molecular weight is 1050 g/mol. The largest absolute Gasteiger partial charge is 0.462 e. The molecule has 0 saturated heterocycles. The molecule has 0 saturated carbocycles. The van der Waals surface area contributed by atoms with Crippen molar-refractivity contribution in [1.29, 1.82) is 0 Å². The minimum atomic E-state index is -0.417. The van der Waals surface area contributed by atoms with Gasteiger partial charge < -0.3 is 43.1 Å². The number of hydrogen-bond donors (Lipinski definition) is 0. The molecule has 1 aromatic heterocycles. The summed E-state index contributed by atoms with van der Waals surface area (Å²) in [6.45, 7) is 37.0. The van der Waals surface area contributed by atoms with Gasteiger partial charge in [-0.1, -0.05) is 39.5 Å². The van der Waals surface area contributed by atoms with Gasteiger partial charge in [-0.25, -0.2) is 28.8 Å². The monoisotopic (exact) mass is 1050 g/mol. The second-order valence-corrected chi connectivity index (χ2v) is 19.1. The normalized spacial score (nSPS) is 10.6. The number of carbonyl (C=O) groups is 6. The van der Waals surface area contributed by atoms with Crippen LogP contribution in [0.2, 0.25) is 0 Å². The Labute approximate surface area is 448 Å². The predicted molar refractivity (Wildman–Crippen MR) is 294 cm³/mol. The number of nitrogens with zero attached hydrogens (tertiary/aromatic N) is 6. The molecule has 0 spiro atoms. The SMILES string of the molecule is C=C(C)C(=O)OCCCCCN(CCCCCOC(=O)C(=C)C)c1nc(N(CCCCCOC(=O)C(=C)C)CCCCCOC(=O)C(=C)C)nc(N(CCCCCOC(=O)C(=C)C)CCCCCOC(=O)C(=C)C)n1. The summed E-state index contributed by atoms with van der Waals surface area (Å²) in [5.74, 6) is -0.990. The lowest BCUT2D eigenvalue weighted by Crippen LogP contribution is -2.34. The highest BCUT2D eigenvalue weighted by atomic mass is 16.6. The maximum absolute atomic E-state index is 12.1. The summed E-state index contributed by atoms with van der Waals surface area (Å²) < 4.78 is 32.2. The fourth-order valence-corrected chi connectivity index (χ4v) is 6.92. The van der Waals surface area contributed by atoms with Crippen LogP contribution in [0.3, 0.4) is 0 Å². The lowest BCUT2D eigenvalue weighted by atomic mass is 10.2. The molecule has 0 atom stereocenters. The number of carbonyl (C=O) groups excluding carboxylic acids is 6. The van der Waals surface area contributed by atoms with Crippen LogP contribution < -0.4 is 14.7 Å². The molecule has 1 rings (SSSR count). The van der Waals surface area contributed by atoms with Gasteiger partial charge >= 0.3 is 35.8 Å². The fourth-order valence-electron chi connectivity index (χ4n) is 6.92. The van der Waals surface area contributed by atoms with Gasteiger partial charge in [0.15, 0.2) is 0 Å². The van der Waals surface area contributed by atoms with Gasteiger partial charge in [-0.05, 0) is 157 Å². The average Bonchev–Trinajstić information content (AvgIpc) is 3.36. The van der Waals surface area contributed by atoms with E-state index in [2.05, 4.69) is 54.2 Å². The molecule has 0 fully saturated rings. The summed E-state index contributed by atoms with van der Waals surface area (Å²) >= 11 is 0. The maximum atomic E-state index is 12.1. The molecular formula is C57H90N6O12. The quantitative estimate of drug-likeness (QED) is 0.0258. The maximum Gasteiger partial charge on any atom is 0.333 e. The first kappa shape index (κ1) is 66.7. The first-order valence-electron chi connectivity index (χ1n) is 26.7. The molecule has 75 heavy (non-hydrogen) atoms. The zero-order chi connectivity index (χ0) is 56.0. The summed E-state index contributed by atoms with van der Waals surface area (Å²) in [6.07, 6.45) is 13.1. The van der Waals surface area contributed by atoms with Gasteiger partial charge in [0.05, 0.1) is 39.6 Å². The van der Waals surface area contributed by atoms with Crippen LogP contribution in [0.15, 0.2) is 72.9 Å². The second-order valence-electron chi connectivity index (χ2n) is 19.1. The Kier molecular flexibility index (Phi) is 35.6. The number of ether oxygens (including phenoxy) is 6. The number of hydrogen-bond acceptors (Lipinski definition) is 18. The molecule has 0 aliphatic rings. The molecule has 0 aliphatic heterocycles. The van der Waals surface area contributed by atoms with Crippen LogP contribution >= 0.6 is 0 Å². The molecule has 0 amide bonds. The molecule has 1 aromatic rings. The zero-order valence-electron chi connectivity index (χ0n) is 46.5. The highest BCUT2D eigenvalue weighted by Crippen LogP contribution is 2.24. The third-order valence-electron chi connectivity index (χ3n) is 11.4. The van der Waals surface area contributed by atoms with Crippen molar-refractivity contribution in [2.24, 2.45) is 0 Å². The minimum Gasteiger partial charge on any atom is -0.462 e. The number of rotatable bonds is 45. The lowest BCUT2D eigenvalue weighted by molar-refractivity contribution is -0.139. The molecule has 0 aromatic carbocycles. The molecule has 0 N–H and O–H groups in total. The van der Waals surface area contributed by atoms with E-state index in [1.54, 1.807) is 41.5 Å². The van der Waals surface area contributed by atoms with E-state index in [0.717, 1.165) is 77.0 Å². The van der Waals surface area contributed by atoms with E-state index in [9.17, 15) is 28.8 Å². The Hall–Kier alpha value is -6.33. The molecule has 0 bridgehead atoms. The van der Waals surface area contributed by atoms with E-state index in [1.165, 1.54) is 0 Å². The van der Waals surface area contributed by atoms with Crippen molar-refractivity contribution < 1.29 is 57.2 Å². The molecule has 0 aliphatic carbocycles. The Morgan fingerprint density at radius 2 is 0.427 bits per heavy atom. The van der Waals surface area contributed by atoms with E-state index in [4.69, 9.17) is 43.4 Å². The van der Waals surface area contributed by atoms with Gasteiger partial charge in [0.25, 0.3) is 0 Å². The number of aromatic nitrogens is 3. The van der Waals surface area contributed by atoms with E-state index in [1.807, 2.05) is 0 Å². The van der Waals surface area contributed by atoms with Gasteiger partial charge in [-0.15, -0.1) is 0 Å². The Balaban J connectivity index is 3.77. The van der Waals surface area contributed by atoms with Crippen molar-refractivity contribution in [3.05, 3.63) is 72.9 Å². The van der Waals surface area contributed by atoms with Crippen LogP contribution in [0.5, 0.6) is 0 Å². The van der Waals surface area contributed by atoms with E-state index in [0.29, 0.717) is 129 Å². The summed E-state index contributed by atoms with van der Waals surface area (Å²) in [6, 6.07) is 0. The van der Waals surface area contributed by atoms with Gasteiger partial charge in [0, 0.05) is 72.7 Å². The smallest absolute Gasteiger partial charge is 0.333 e. The molecule has 18 heteroatoms. The third-order valence-corrected chi connectivity index (χ3v) is 11.4. The van der Waals surface area contributed by atoms with Crippen LogP contribution in [-0.2, 0) is 57.2 Å². The van der Waals surface area contributed by atoms with Crippen LogP contribution in [0, 0.1) is 0 Å². The van der Waals surface area contributed by atoms with Crippen molar-refractivity contribution in [3.8, 4) is 0 Å². The van der Waals surface area contributed by atoms with E-state index >= 15 is 0 Å². The van der Waals surface area contributed by atoms with Gasteiger partial charge in [-0.2, -0.15) is 15.0 Å². The van der Waals surface area contributed by atoms with Crippen molar-refractivity contribution >= 4 is 53.7 Å². The van der Waals surface area contributed by atoms with Crippen LogP contribution in [0.25, 0.3) is 0 Å². The Bertz CT molecular complexity index is 1690. The summed E-state index contributed by atoms with van der Waals surface area (Å²) in [5, 5.41) is 0. The van der Waals surface area contributed by atoms with Gasteiger partial charge in [-0.3, -0.25) is 0 Å². The topological polar surface area (TPSA) is 206 Å². The van der Waals surface area contributed by atoms with Crippen molar-refractivity contribution in [2.75, 3.05) is 93.6 Å². The molecule has 1 heterocycles. The summed E-state index contributed by atoms with van der Waals surface area (Å²) in [7, 11) is 0. The first-order chi connectivity index (χ1) is 35.7. The van der Waals surface area contributed by atoms with E-state index < -0.39 is 35.8 Å². The molecule has 420 valence electrons. The van der Waals surface area contributed by atoms with Crippen LogP contribution in [0.4, 0.5) is 17.8 Å². The third kappa shape index (κ3) is 31.9. The molecular weight excluding hydrogens is 961 g/mol. The summed E-state index contributed by atoms with van der Waals surface area (Å²) in [4.78, 5) is 94.6. The van der Waals surface area contributed by atoms with Crippen LogP contribution in [-0.4, -0.2) is 130 Å². The van der Waals surface area contributed by atoms with Gasteiger partial charge in [0.1, 0.15) is 0 Å². The predicted octanol–water partition coefficient (Wildman–Crippen LogP) is 10.0. The van der Waals surface area contributed by atoms with Crippen molar-refractivity contribution in [2.45, 2.75) is 157 Å². The lowest BCUT2D eigenvalue weighted by Gasteiger charge is -2.30. The molecule has 18 nitrogen and oxygen atoms in total. The highest BCUT2D eigenvalue weighted by molar-refractivity contribution is 5.88. The standard InChI is InChI=1S/C57H90N6O12/c1-43(2)49(64)70-37-25-13-19-31-61(32-20-14-26-38-71-50(65)44(3)4)55-58-56(62(33-21-15-27-39-72-51(66)45(5)6)34-22-16-28-40-73-52(67)46(7)8)60-57(59-55)63(35-23-17-29-41-74-53(68)47(9)10)36-24-18-30-42-75-54(69)48(11)12/h1,3,5,7,9,11,13-42H2,2,4,6,8,10,12H3. The number of anilines is 3. The Morgan fingerprint density at radius 1 is 0.280 bits per heavy atom. The first-order valence-corrected chi connectivity index (χ1v) is 26.7. The number of esters is 6. The van der Waals surface area contributed by atoms with Gasteiger partial charge in [0.2, 0.25) is 17.8 Å². The molecule has 0 radical (unpaired) electrons. The fraction of sp³-hybridized carbons (Fsp3) is 0.632. The highest BCUT2D eigenvalue weighted by Gasteiger charge is 2.22. The van der Waals surface area contributed by atoms with Crippen molar-refractivity contribution in [3.63, 3.8) is 0 Å². The second kappa shape index (κ2) is 40.0. The Morgan fingerprint density at radius 3 is 0.560 bits per heavy atom. The molecule has 0 unspecified atom stereocenters. The summed E-state index contributed by atoms with van der Waals surface area (Å²) in [5.41, 5.74) is 2.09.